The Bertz CT molecular complexity index is 753. The molecule has 0 heterocycles. The molecule has 0 aliphatic carbocycles. The van der Waals surface area contributed by atoms with Crippen molar-refractivity contribution in [2.75, 3.05) is 0 Å². The number of aryl methyl sites for hydroxylation is 3. The van der Waals surface area contributed by atoms with E-state index in [1.165, 1.54) is 23.8 Å². The van der Waals surface area contributed by atoms with Gasteiger partial charge in [-0.05, 0) is 67.3 Å². The number of rotatable bonds is 4. The molecule has 0 aliphatic heterocycles. The predicted octanol–water partition coefficient (Wildman–Crippen LogP) is 4.21. The quantitative estimate of drug-likeness (QED) is 0.679. The maximum absolute atomic E-state index is 12.3. The van der Waals surface area contributed by atoms with Crippen LogP contribution in [0.2, 0.25) is 0 Å². The third-order valence-corrected chi connectivity index (χ3v) is 3.69. The minimum Gasteiger partial charge on any atom is -0.478 e. The lowest BCUT2D eigenvalue weighted by Gasteiger charge is -2.07. The Morgan fingerprint density at radius 1 is 0.909 bits per heavy atom. The van der Waals surface area contributed by atoms with E-state index >= 15 is 0 Å². The topological polar surface area (TPSA) is 54.4 Å². The minimum atomic E-state index is -0.961. The highest BCUT2D eigenvalue weighted by atomic mass is 16.4. The zero-order valence-corrected chi connectivity index (χ0v) is 12.9. The first-order valence-corrected chi connectivity index (χ1v) is 7.02. The monoisotopic (exact) mass is 294 g/mol. The molecule has 0 atom stereocenters. The summed E-state index contributed by atoms with van der Waals surface area (Å²) in [7, 11) is 0. The van der Waals surface area contributed by atoms with Crippen molar-refractivity contribution in [1.29, 1.82) is 0 Å². The normalized spacial score (nSPS) is 10.9. The van der Waals surface area contributed by atoms with Gasteiger partial charge in [-0.1, -0.05) is 24.3 Å². The fraction of sp³-hybridized carbons (Fsp3) is 0.158. The molecule has 0 saturated heterocycles. The second-order valence-electron chi connectivity index (χ2n) is 5.38. The average molecular weight is 294 g/mol. The third-order valence-electron chi connectivity index (χ3n) is 3.69. The standard InChI is InChI=1S/C19H18O3/c1-12-10-14(3)17(11-13(12)2)18(20)9-6-15-4-7-16(8-5-15)19(21)22/h4-11H,1-3H3,(H,21,22). The van der Waals surface area contributed by atoms with Crippen molar-refractivity contribution < 1.29 is 14.7 Å². The van der Waals surface area contributed by atoms with E-state index in [0.717, 1.165) is 16.7 Å². The largest absolute Gasteiger partial charge is 0.478 e. The maximum Gasteiger partial charge on any atom is 0.335 e. The van der Waals surface area contributed by atoms with Crippen molar-refractivity contribution >= 4 is 17.8 Å². The summed E-state index contributed by atoms with van der Waals surface area (Å²) >= 11 is 0. The summed E-state index contributed by atoms with van der Waals surface area (Å²) in [5, 5.41) is 8.85. The Hall–Kier alpha value is -2.68. The average Bonchev–Trinajstić information content (AvgIpc) is 2.49. The summed E-state index contributed by atoms with van der Waals surface area (Å²) in [6.45, 7) is 5.94. The summed E-state index contributed by atoms with van der Waals surface area (Å²) in [4.78, 5) is 23.1. The van der Waals surface area contributed by atoms with Crippen molar-refractivity contribution in [3.63, 3.8) is 0 Å². The van der Waals surface area contributed by atoms with Gasteiger partial charge in [-0.25, -0.2) is 4.79 Å². The molecule has 1 N–H and O–H groups in total. The van der Waals surface area contributed by atoms with E-state index in [1.807, 2.05) is 32.9 Å². The van der Waals surface area contributed by atoms with Gasteiger partial charge in [0.05, 0.1) is 5.56 Å². The number of carboxylic acid groups (broad SMARTS) is 1. The Balaban J connectivity index is 2.21. The summed E-state index contributed by atoms with van der Waals surface area (Å²) in [5.74, 6) is -1.01. The van der Waals surface area contributed by atoms with Gasteiger partial charge in [0.2, 0.25) is 0 Å². The molecule has 0 amide bonds. The molecule has 0 fully saturated rings. The predicted molar refractivity (Wildman–Crippen MR) is 87.4 cm³/mol. The molecule has 0 spiro atoms. The zero-order chi connectivity index (χ0) is 16.3. The summed E-state index contributed by atoms with van der Waals surface area (Å²) in [5.41, 5.74) is 4.93. The minimum absolute atomic E-state index is 0.0529. The molecule has 0 radical (unpaired) electrons. The van der Waals surface area contributed by atoms with Crippen molar-refractivity contribution in [2.24, 2.45) is 0 Å². The number of benzene rings is 2. The molecule has 2 aromatic carbocycles. The van der Waals surface area contributed by atoms with Gasteiger partial charge in [-0.2, -0.15) is 0 Å². The molecule has 0 aliphatic rings. The van der Waals surface area contributed by atoms with Crippen LogP contribution in [0.3, 0.4) is 0 Å². The van der Waals surface area contributed by atoms with E-state index in [9.17, 15) is 9.59 Å². The van der Waals surface area contributed by atoms with E-state index in [-0.39, 0.29) is 11.3 Å². The van der Waals surface area contributed by atoms with Gasteiger partial charge >= 0.3 is 5.97 Å². The number of allylic oxidation sites excluding steroid dienone is 1. The van der Waals surface area contributed by atoms with E-state index in [0.29, 0.717) is 5.56 Å². The maximum atomic E-state index is 12.3. The first-order chi connectivity index (χ1) is 10.4. The smallest absolute Gasteiger partial charge is 0.335 e. The number of carbonyl (C=O) groups excluding carboxylic acids is 1. The van der Waals surface area contributed by atoms with Crippen LogP contribution in [0.25, 0.3) is 6.08 Å². The van der Waals surface area contributed by atoms with Gasteiger partial charge in [-0.15, -0.1) is 0 Å². The second kappa shape index (κ2) is 6.39. The highest BCUT2D eigenvalue weighted by molar-refractivity contribution is 6.08. The molecular formula is C19H18O3. The van der Waals surface area contributed by atoms with E-state index in [1.54, 1.807) is 18.2 Å². The summed E-state index contributed by atoms with van der Waals surface area (Å²) < 4.78 is 0. The van der Waals surface area contributed by atoms with Crippen LogP contribution in [0.4, 0.5) is 0 Å². The van der Waals surface area contributed by atoms with Gasteiger partial charge in [0.15, 0.2) is 5.78 Å². The molecule has 3 nitrogen and oxygen atoms in total. The molecule has 2 aromatic rings. The first kappa shape index (κ1) is 15.7. The molecule has 2 rings (SSSR count). The lowest BCUT2D eigenvalue weighted by atomic mass is 9.97. The van der Waals surface area contributed by atoms with Gasteiger partial charge in [0, 0.05) is 5.56 Å². The molecule has 22 heavy (non-hydrogen) atoms. The van der Waals surface area contributed by atoms with Crippen molar-refractivity contribution in [3.8, 4) is 0 Å². The molecule has 0 saturated carbocycles. The Morgan fingerprint density at radius 2 is 1.50 bits per heavy atom. The second-order valence-corrected chi connectivity index (χ2v) is 5.38. The number of ketones is 1. The Kier molecular flexibility index (Phi) is 4.56. The molecule has 0 aromatic heterocycles. The van der Waals surface area contributed by atoms with Crippen LogP contribution in [-0.2, 0) is 0 Å². The van der Waals surface area contributed by atoms with Gasteiger partial charge in [-0.3, -0.25) is 4.79 Å². The number of carbonyl (C=O) groups is 2. The van der Waals surface area contributed by atoms with Crippen molar-refractivity contribution in [3.05, 3.63) is 75.9 Å². The van der Waals surface area contributed by atoms with E-state index < -0.39 is 5.97 Å². The molecule has 112 valence electrons. The zero-order valence-electron chi connectivity index (χ0n) is 12.9. The number of hydrogen-bond acceptors (Lipinski definition) is 2. The number of carboxylic acids is 1. The van der Waals surface area contributed by atoms with Crippen LogP contribution in [0.1, 0.15) is 43.0 Å². The number of hydrogen-bond donors (Lipinski definition) is 1. The van der Waals surface area contributed by atoms with E-state index in [4.69, 9.17) is 5.11 Å². The van der Waals surface area contributed by atoms with Crippen molar-refractivity contribution in [1.82, 2.24) is 0 Å². The highest BCUT2D eigenvalue weighted by Crippen LogP contribution is 2.17. The highest BCUT2D eigenvalue weighted by Gasteiger charge is 2.08. The summed E-state index contributed by atoms with van der Waals surface area (Å²) in [6, 6.07) is 10.3. The fourth-order valence-electron chi connectivity index (χ4n) is 2.22. The molecule has 3 heteroatoms. The van der Waals surface area contributed by atoms with E-state index in [2.05, 4.69) is 0 Å². The summed E-state index contributed by atoms with van der Waals surface area (Å²) in [6.07, 6.45) is 3.22. The van der Waals surface area contributed by atoms with Crippen LogP contribution in [-0.4, -0.2) is 16.9 Å². The van der Waals surface area contributed by atoms with Crippen LogP contribution >= 0.6 is 0 Å². The van der Waals surface area contributed by atoms with Crippen LogP contribution in [0, 0.1) is 20.8 Å². The van der Waals surface area contributed by atoms with Gasteiger partial charge in [0.25, 0.3) is 0 Å². The molecule has 0 unspecified atom stereocenters. The van der Waals surface area contributed by atoms with Crippen molar-refractivity contribution in [2.45, 2.75) is 20.8 Å². The molecular weight excluding hydrogens is 276 g/mol. The number of aromatic carboxylic acids is 1. The van der Waals surface area contributed by atoms with Crippen LogP contribution in [0.5, 0.6) is 0 Å². The lowest BCUT2D eigenvalue weighted by molar-refractivity contribution is 0.0696. The van der Waals surface area contributed by atoms with Crippen LogP contribution in [0.15, 0.2) is 42.5 Å². The van der Waals surface area contributed by atoms with Gasteiger partial charge < -0.3 is 5.11 Å². The first-order valence-electron chi connectivity index (χ1n) is 7.02. The Labute approximate surface area is 129 Å². The lowest BCUT2D eigenvalue weighted by Crippen LogP contribution is -2.00. The third kappa shape index (κ3) is 3.50. The van der Waals surface area contributed by atoms with Crippen LogP contribution < -0.4 is 0 Å². The SMILES string of the molecule is Cc1cc(C)c(C(=O)C=Cc2ccc(C(=O)O)cc2)cc1C. The fourth-order valence-corrected chi connectivity index (χ4v) is 2.22. The Morgan fingerprint density at radius 3 is 2.09 bits per heavy atom. The van der Waals surface area contributed by atoms with Gasteiger partial charge in [0.1, 0.15) is 0 Å². The molecule has 0 bridgehead atoms.